The molecule has 0 aliphatic rings. The number of anilines is 15. The normalized spacial score (nSPS) is 10.3. The van der Waals surface area contributed by atoms with E-state index in [9.17, 15) is 10.5 Å². The highest BCUT2D eigenvalue weighted by atomic mass is 16.5. The zero-order valence-corrected chi connectivity index (χ0v) is 70.3. The van der Waals surface area contributed by atoms with E-state index in [2.05, 4.69) is 385 Å². The van der Waals surface area contributed by atoms with Crippen LogP contribution in [0.15, 0.2) is 358 Å². The summed E-state index contributed by atoms with van der Waals surface area (Å²) in [5.74, 6) is 2.40. The van der Waals surface area contributed by atoms with Gasteiger partial charge in [-0.3, -0.25) is 0 Å². The summed E-state index contributed by atoms with van der Waals surface area (Å²) < 4.78 is 16.2. The van der Waals surface area contributed by atoms with Gasteiger partial charge in [0.1, 0.15) is 17.2 Å². The highest BCUT2D eigenvalue weighted by Crippen LogP contribution is 2.44. The Morgan fingerprint density at radius 1 is 0.227 bits per heavy atom. The first-order chi connectivity index (χ1) is 57.8. The molecular formula is C108H102N8O3. The fourth-order valence-electron chi connectivity index (χ4n) is 13.4. The molecule has 0 fully saturated rings. The standard InChI is InChI=1S/2C22H20N2.C22H23NO2.C21H18N2.C21H21NO/c1-17-6-10-20(11-7-17)24(21-12-8-18(2)9-13-21)22-5-3-4-19(16-22)14-15-23;1-17-7-11-20(12-8-17)24(21-13-9-18(2)10-14-21)22-6-4-3-5-19(22)15-16-23;1-16-5-9-18(10-6-16)23(19-11-7-17(2)8-12-19)21-14-13-20(24-3)15-22(21)25-4;1-16-6-10-19(11-7-16)23(20-12-8-17(2)9-13-20)21-5-3-4-18(14-21)15-22;1-16-4-8-18(9-5-16)22(19-10-6-17(2)7-11-19)20-12-14-21(23-3)15-13-20/h3-13,16H,14H2,1-2H3;3-14H,15H2,1-2H3;5-15H,1-4H3;3-14H,1-2H3;4-15H,1-3H3. The molecule has 0 bridgehead atoms. The molecule has 592 valence electrons. The molecule has 0 aliphatic carbocycles. The van der Waals surface area contributed by atoms with Crippen LogP contribution in [-0.4, -0.2) is 21.3 Å². The fourth-order valence-corrected chi connectivity index (χ4v) is 13.4. The summed E-state index contributed by atoms with van der Waals surface area (Å²) in [6.07, 6.45) is 0.813. The first-order valence-electron chi connectivity index (χ1n) is 39.8. The van der Waals surface area contributed by atoms with Crippen molar-refractivity contribution in [2.75, 3.05) is 45.8 Å². The number of rotatable bonds is 20. The summed E-state index contributed by atoms with van der Waals surface area (Å²) in [5.41, 5.74) is 31.3. The van der Waals surface area contributed by atoms with Crippen LogP contribution < -0.4 is 38.7 Å². The fraction of sp³-hybridized carbons (Fsp3) is 0.139. The number of hydrogen-bond donors (Lipinski definition) is 0. The van der Waals surface area contributed by atoms with E-state index in [1.807, 2.05) is 84.9 Å². The molecule has 0 saturated carbocycles. The number of nitriles is 3. The van der Waals surface area contributed by atoms with Gasteiger partial charge < -0.3 is 38.7 Å². The predicted molar refractivity (Wildman–Crippen MR) is 496 cm³/mol. The van der Waals surface area contributed by atoms with E-state index < -0.39 is 0 Å². The summed E-state index contributed by atoms with van der Waals surface area (Å²) in [6.45, 7) is 20.9. The third-order valence-corrected chi connectivity index (χ3v) is 20.1. The smallest absolute Gasteiger partial charge is 0.146 e. The lowest BCUT2D eigenvalue weighted by atomic mass is 10.1. The molecule has 0 unspecified atom stereocenters. The monoisotopic (exact) mass is 1560 g/mol. The van der Waals surface area contributed by atoms with Crippen molar-refractivity contribution in [2.45, 2.75) is 82.1 Å². The molecule has 15 aromatic carbocycles. The van der Waals surface area contributed by atoms with Gasteiger partial charge >= 0.3 is 0 Å². The van der Waals surface area contributed by atoms with Gasteiger partial charge in [0.05, 0.1) is 69.3 Å². The molecule has 11 nitrogen and oxygen atoms in total. The molecule has 0 N–H and O–H groups in total. The average Bonchev–Trinajstić information content (AvgIpc) is 0.811. The van der Waals surface area contributed by atoms with Gasteiger partial charge in [-0.15, -0.1) is 0 Å². The van der Waals surface area contributed by atoms with Gasteiger partial charge in [0, 0.05) is 80.0 Å². The molecule has 15 aromatic rings. The summed E-state index contributed by atoms with van der Waals surface area (Å²) in [5, 5.41) is 27.3. The number of methoxy groups -OCH3 is 3. The molecular weight excluding hydrogens is 1460 g/mol. The lowest BCUT2D eigenvalue weighted by molar-refractivity contribution is 0.395. The van der Waals surface area contributed by atoms with E-state index in [4.69, 9.17) is 19.5 Å². The van der Waals surface area contributed by atoms with Crippen LogP contribution in [0.5, 0.6) is 17.2 Å². The number of benzene rings is 15. The number of ether oxygens (including phenoxy) is 3. The van der Waals surface area contributed by atoms with Gasteiger partial charge in [-0.05, 0) is 274 Å². The Morgan fingerprint density at radius 3 is 0.815 bits per heavy atom. The Bertz CT molecular complexity index is 5630. The van der Waals surface area contributed by atoms with Gasteiger partial charge in [-0.2, -0.15) is 15.8 Å². The molecule has 0 atom stereocenters. The third kappa shape index (κ3) is 23.2. The lowest BCUT2D eigenvalue weighted by Gasteiger charge is -2.27. The third-order valence-electron chi connectivity index (χ3n) is 20.1. The highest BCUT2D eigenvalue weighted by Gasteiger charge is 2.21. The van der Waals surface area contributed by atoms with Crippen molar-refractivity contribution in [3.63, 3.8) is 0 Å². The molecule has 0 radical (unpaired) electrons. The largest absolute Gasteiger partial charge is 0.497 e. The van der Waals surface area contributed by atoms with Gasteiger partial charge in [-0.25, -0.2) is 0 Å². The molecule has 0 aliphatic heterocycles. The Kier molecular flexibility index (Phi) is 30.0. The van der Waals surface area contributed by atoms with Crippen molar-refractivity contribution in [3.8, 4) is 35.5 Å². The first-order valence-corrected chi connectivity index (χ1v) is 39.8. The van der Waals surface area contributed by atoms with Gasteiger partial charge in [0.2, 0.25) is 0 Å². The van der Waals surface area contributed by atoms with Crippen LogP contribution in [0.2, 0.25) is 0 Å². The molecule has 0 heterocycles. The Hall–Kier alpha value is -14.8. The highest BCUT2D eigenvalue weighted by molar-refractivity contribution is 5.84. The van der Waals surface area contributed by atoms with Crippen LogP contribution in [-0.2, 0) is 12.8 Å². The van der Waals surface area contributed by atoms with Gasteiger partial charge in [0.25, 0.3) is 0 Å². The topological polar surface area (TPSA) is 115 Å². The summed E-state index contributed by atoms with van der Waals surface area (Å²) in [7, 11) is 5.03. The Labute approximate surface area is 704 Å². The van der Waals surface area contributed by atoms with Crippen LogP contribution in [0, 0.1) is 103 Å². The average molecular weight is 1560 g/mol. The minimum absolute atomic E-state index is 0.393. The molecule has 15 rings (SSSR count). The maximum absolute atomic E-state index is 9.19. The molecule has 0 aromatic heterocycles. The summed E-state index contributed by atoms with van der Waals surface area (Å²) in [6, 6.07) is 130. The van der Waals surface area contributed by atoms with E-state index in [-0.39, 0.29) is 0 Å². The van der Waals surface area contributed by atoms with Crippen LogP contribution in [0.4, 0.5) is 85.3 Å². The Morgan fingerprint density at radius 2 is 0.504 bits per heavy atom. The lowest BCUT2D eigenvalue weighted by Crippen LogP contribution is -2.12. The summed E-state index contributed by atoms with van der Waals surface area (Å²) in [4.78, 5) is 11.0. The van der Waals surface area contributed by atoms with Crippen LogP contribution in [0.1, 0.15) is 72.3 Å². The molecule has 119 heavy (non-hydrogen) atoms. The molecule has 0 spiro atoms. The van der Waals surface area contributed by atoms with Crippen LogP contribution in [0.3, 0.4) is 0 Å². The van der Waals surface area contributed by atoms with Gasteiger partial charge in [0.15, 0.2) is 0 Å². The molecule has 0 saturated heterocycles. The van der Waals surface area contributed by atoms with Crippen molar-refractivity contribution < 1.29 is 14.2 Å². The van der Waals surface area contributed by atoms with Crippen molar-refractivity contribution in [2.24, 2.45) is 0 Å². The molecule has 0 amide bonds. The van der Waals surface area contributed by atoms with E-state index in [1.54, 1.807) is 21.3 Å². The summed E-state index contributed by atoms with van der Waals surface area (Å²) >= 11 is 0. The maximum atomic E-state index is 9.19. The van der Waals surface area contributed by atoms with Crippen molar-refractivity contribution >= 4 is 85.3 Å². The number of nitrogens with zero attached hydrogens (tertiary/aromatic N) is 8. The van der Waals surface area contributed by atoms with Gasteiger partial charge in [-0.1, -0.05) is 213 Å². The van der Waals surface area contributed by atoms with Crippen molar-refractivity contribution in [1.29, 1.82) is 15.8 Å². The second-order valence-electron chi connectivity index (χ2n) is 29.4. The van der Waals surface area contributed by atoms with E-state index in [1.165, 1.54) is 55.6 Å². The quantitative estimate of drug-likeness (QED) is 0.0726. The van der Waals surface area contributed by atoms with Crippen LogP contribution in [0.25, 0.3) is 0 Å². The number of para-hydroxylation sites is 1. The number of aryl methyl sites for hydroxylation is 10. The SMILES string of the molecule is COc1ccc(N(c2ccc(C)cc2)c2ccc(C)cc2)c(OC)c1.COc1ccc(N(c2ccc(C)cc2)c2ccc(C)cc2)cc1.Cc1ccc(N(c2ccc(C)cc2)c2cccc(C#N)c2)cc1.Cc1ccc(N(c2ccc(C)cc2)c2cccc(CC#N)c2)cc1.Cc1ccc(N(c2ccc(C)cc2)c2ccccc2CC#N)cc1. The Balaban J connectivity index is 0.000000146. The number of hydrogen-bond acceptors (Lipinski definition) is 11. The zero-order chi connectivity index (χ0) is 84.2. The minimum Gasteiger partial charge on any atom is -0.497 e. The molecule has 11 heteroatoms. The second-order valence-corrected chi connectivity index (χ2v) is 29.4. The van der Waals surface area contributed by atoms with E-state index >= 15 is 0 Å². The first kappa shape index (κ1) is 85.1. The van der Waals surface area contributed by atoms with Crippen molar-refractivity contribution in [1.82, 2.24) is 0 Å². The van der Waals surface area contributed by atoms with E-state index in [0.717, 1.165) is 114 Å². The maximum Gasteiger partial charge on any atom is 0.146 e. The minimum atomic E-state index is 0.393. The van der Waals surface area contributed by atoms with Crippen molar-refractivity contribution in [3.05, 3.63) is 430 Å². The van der Waals surface area contributed by atoms with Crippen LogP contribution >= 0.6 is 0 Å². The zero-order valence-electron chi connectivity index (χ0n) is 70.3. The second kappa shape index (κ2) is 42.0. The predicted octanol–water partition coefficient (Wildman–Crippen LogP) is 28.9. The van der Waals surface area contributed by atoms with E-state index in [0.29, 0.717) is 18.4 Å².